The lowest BCUT2D eigenvalue weighted by Gasteiger charge is -2.30. The molecule has 4 rings (SSSR count). The highest BCUT2D eigenvalue weighted by molar-refractivity contribution is 7.17. The molecule has 0 aliphatic carbocycles. The molecule has 0 saturated carbocycles. The summed E-state index contributed by atoms with van der Waals surface area (Å²) in [5.74, 6) is 1.23. The summed E-state index contributed by atoms with van der Waals surface area (Å²) in [6, 6.07) is 9.28. The van der Waals surface area contributed by atoms with Crippen molar-refractivity contribution in [1.29, 1.82) is 0 Å². The number of piperidine rings is 1. The van der Waals surface area contributed by atoms with E-state index in [1.165, 1.54) is 0 Å². The van der Waals surface area contributed by atoms with E-state index in [0.717, 1.165) is 36.2 Å². The smallest absolute Gasteiger partial charge is 0.227 e. The van der Waals surface area contributed by atoms with Crippen molar-refractivity contribution in [2.24, 2.45) is 5.92 Å². The van der Waals surface area contributed by atoms with Gasteiger partial charge in [0.2, 0.25) is 16.2 Å². The van der Waals surface area contributed by atoms with E-state index < -0.39 is 0 Å². The molecule has 0 unspecified atom stereocenters. The van der Waals surface area contributed by atoms with Crippen molar-refractivity contribution in [2.75, 3.05) is 37.5 Å². The molecule has 1 aromatic carbocycles. The van der Waals surface area contributed by atoms with Crippen LogP contribution < -0.4 is 19.7 Å². The van der Waals surface area contributed by atoms with E-state index in [0.29, 0.717) is 17.2 Å². The Morgan fingerprint density at radius 1 is 1.10 bits per heavy atom. The lowest BCUT2D eigenvalue weighted by molar-refractivity contribution is -0.120. The van der Waals surface area contributed by atoms with Gasteiger partial charge < -0.3 is 19.7 Å². The molecule has 152 valence electrons. The molecule has 0 spiro atoms. The molecule has 29 heavy (non-hydrogen) atoms. The fourth-order valence-corrected chi connectivity index (χ4v) is 4.25. The van der Waals surface area contributed by atoms with Gasteiger partial charge in [0.15, 0.2) is 0 Å². The van der Waals surface area contributed by atoms with Gasteiger partial charge in [0.05, 0.1) is 19.9 Å². The summed E-state index contributed by atoms with van der Waals surface area (Å²) in [6.45, 7) is 1.54. The topological polar surface area (TPSA) is 81.5 Å². The number of anilines is 2. The minimum absolute atomic E-state index is 0.00139. The summed E-state index contributed by atoms with van der Waals surface area (Å²) in [6.07, 6.45) is 5.43. The van der Waals surface area contributed by atoms with Gasteiger partial charge in [-0.25, -0.2) is 0 Å². The predicted molar refractivity (Wildman–Crippen MR) is 112 cm³/mol. The van der Waals surface area contributed by atoms with Crippen LogP contribution >= 0.6 is 11.3 Å². The number of methoxy groups -OCH3 is 2. The van der Waals surface area contributed by atoms with E-state index in [1.807, 2.05) is 29.1 Å². The second kappa shape index (κ2) is 8.52. The summed E-state index contributed by atoms with van der Waals surface area (Å²) in [4.78, 5) is 15.0. The molecule has 2 aromatic heterocycles. The van der Waals surface area contributed by atoms with Crippen LogP contribution in [0.2, 0.25) is 0 Å². The minimum atomic E-state index is -0.0565. The van der Waals surface area contributed by atoms with E-state index in [9.17, 15) is 4.79 Å². The molecule has 1 aliphatic rings. The second-order valence-corrected chi connectivity index (χ2v) is 7.71. The van der Waals surface area contributed by atoms with E-state index in [1.54, 1.807) is 43.8 Å². The van der Waals surface area contributed by atoms with Gasteiger partial charge in [-0.2, -0.15) is 0 Å². The fourth-order valence-electron chi connectivity index (χ4n) is 3.38. The maximum atomic E-state index is 12.8. The number of amides is 1. The number of carbonyl (C=O) groups is 1. The van der Waals surface area contributed by atoms with Gasteiger partial charge in [-0.1, -0.05) is 11.3 Å². The summed E-state index contributed by atoms with van der Waals surface area (Å²) in [7, 11) is 3.18. The van der Waals surface area contributed by atoms with Gasteiger partial charge in [0, 0.05) is 37.5 Å². The van der Waals surface area contributed by atoms with Gasteiger partial charge in [-0.15, -0.1) is 10.2 Å². The fraction of sp³-hybridized carbons (Fsp3) is 0.350. The van der Waals surface area contributed by atoms with Crippen molar-refractivity contribution in [3.63, 3.8) is 0 Å². The first kappa shape index (κ1) is 19.3. The number of hydrogen-bond donors (Lipinski definition) is 1. The number of ether oxygens (including phenoxy) is 2. The average molecular weight is 414 g/mol. The van der Waals surface area contributed by atoms with Crippen LogP contribution in [-0.4, -0.2) is 48.0 Å². The highest BCUT2D eigenvalue weighted by atomic mass is 32.1. The van der Waals surface area contributed by atoms with Crippen LogP contribution in [0.4, 0.5) is 10.8 Å². The molecule has 0 radical (unpaired) electrons. The first-order chi connectivity index (χ1) is 14.2. The molecular weight excluding hydrogens is 390 g/mol. The number of hydrogen-bond acceptors (Lipinski definition) is 7. The molecule has 9 heteroatoms. The SMILES string of the molecule is COc1ccc(OC)c(NC(=O)C2CCN(c3nnc(-n4cccc4)s3)CC2)c1. The summed E-state index contributed by atoms with van der Waals surface area (Å²) in [5, 5.41) is 13.3. The first-order valence-corrected chi connectivity index (χ1v) is 10.2. The molecule has 1 N–H and O–H groups in total. The Labute approximate surface area is 173 Å². The Bertz CT molecular complexity index is 964. The number of carbonyl (C=O) groups excluding carboxylic acids is 1. The Balaban J connectivity index is 1.37. The van der Waals surface area contributed by atoms with Crippen molar-refractivity contribution < 1.29 is 14.3 Å². The molecule has 0 atom stereocenters. The molecule has 1 aliphatic heterocycles. The van der Waals surface area contributed by atoms with Gasteiger partial charge in [0.25, 0.3) is 0 Å². The number of rotatable bonds is 6. The molecule has 0 bridgehead atoms. The molecule has 1 saturated heterocycles. The third-order valence-corrected chi connectivity index (χ3v) is 6.03. The normalized spacial score (nSPS) is 14.6. The summed E-state index contributed by atoms with van der Waals surface area (Å²) in [5.41, 5.74) is 0.625. The first-order valence-electron chi connectivity index (χ1n) is 9.42. The predicted octanol–water partition coefficient (Wildman–Crippen LogP) is 3.20. The van der Waals surface area contributed by atoms with E-state index in [-0.39, 0.29) is 11.8 Å². The second-order valence-electron chi connectivity index (χ2n) is 6.77. The van der Waals surface area contributed by atoms with Crippen LogP contribution in [0.25, 0.3) is 5.13 Å². The van der Waals surface area contributed by atoms with Crippen LogP contribution in [0.3, 0.4) is 0 Å². The number of nitrogens with one attached hydrogen (secondary N) is 1. The van der Waals surface area contributed by atoms with Crippen LogP contribution in [0.1, 0.15) is 12.8 Å². The standard InChI is InChI=1S/C20H23N5O3S/c1-27-15-5-6-17(28-2)16(13-15)21-18(26)14-7-11-25(12-8-14)20-23-22-19(29-20)24-9-3-4-10-24/h3-6,9-10,13-14H,7-8,11-12H2,1-2H3,(H,21,26). The quantitative estimate of drug-likeness (QED) is 0.668. The van der Waals surface area contributed by atoms with Gasteiger partial charge >= 0.3 is 0 Å². The monoisotopic (exact) mass is 413 g/mol. The van der Waals surface area contributed by atoms with Crippen molar-refractivity contribution in [1.82, 2.24) is 14.8 Å². The van der Waals surface area contributed by atoms with Crippen molar-refractivity contribution in [2.45, 2.75) is 12.8 Å². The molecule has 8 nitrogen and oxygen atoms in total. The van der Waals surface area contributed by atoms with Crippen LogP contribution in [0.15, 0.2) is 42.7 Å². The van der Waals surface area contributed by atoms with Gasteiger partial charge in [-0.3, -0.25) is 9.36 Å². The Kier molecular flexibility index (Phi) is 5.66. The minimum Gasteiger partial charge on any atom is -0.497 e. The number of benzene rings is 1. The highest BCUT2D eigenvalue weighted by Gasteiger charge is 2.27. The zero-order chi connectivity index (χ0) is 20.2. The Morgan fingerprint density at radius 2 is 1.83 bits per heavy atom. The molecule has 1 fully saturated rings. The van der Waals surface area contributed by atoms with Crippen molar-refractivity contribution >= 4 is 28.1 Å². The molecule has 3 heterocycles. The molecular formula is C20H23N5O3S. The lowest BCUT2D eigenvalue weighted by Crippen LogP contribution is -2.38. The highest BCUT2D eigenvalue weighted by Crippen LogP contribution is 2.31. The lowest BCUT2D eigenvalue weighted by atomic mass is 9.96. The molecule has 3 aromatic rings. The summed E-state index contributed by atoms with van der Waals surface area (Å²) < 4.78 is 12.5. The van der Waals surface area contributed by atoms with E-state index in [2.05, 4.69) is 20.4 Å². The van der Waals surface area contributed by atoms with Crippen LogP contribution in [0, 0.1) is 5.92 Å². The summed E-state index contributed by atoms with van der Waals surface area (Å²) >= 11 is 1.55. The maximum absolute atomic E-state index is 12.8. The largest absolute Gasteiger partial charge is 0.497 e. The Hall–Kier alpha value is -3.07. The van der Waals surface area contributed by atoms with Crippen molar-refractivity contribution in [3.8, 4) is 16.6 Å². The van der Waals surface area contributed by atoms with Gasteiger partial charge in [-0.05, 0) is 37.1 Å². The zero-order valence-electron chi connectivity index (χ0n) is 16.4. The third-order valence-electron chi connectivity index (χ3n) is 5.03. The van der Waals surface area contributed by atoms with Gasteiger partial charge in [0.1, 0.15) is 11.5 Å². The van der Waals surface area contributed by atoms with Crippen LogP contribution in [-0.2, 0) is 4.79 Å². The average Bonchev–Trinajstić information content (AvgIpc) is 3.45. The van der Waals surface area contributed by atoms with Crippen molar-refractivity contribution in [3.05, 3.63) is 42.7 Å². The number of nitrogens with zero attached hydrogens (tertiary/aromatic N) is 4. The van der Waals surface area contributed by atoms with Crippen LogP contribution in [0.5, 0.6) is 11.5 Å². The number of aromatic nitrogens is 3. The third kappa shape index (κ3) is 4.19. The zero-order valence-corrected chi connectivity index (χ0v) is 17.2. The van der Waals surface area contributed by atoms with E-state index in [4.69, 9.17) is 9.47 Å². The maximum Gasteiger partial charge on any atom is 0.227 e. The molecule has 1 amide bonds. The Morgan fingerprint density at radius 3 is 2.52 bits per heavy atom. The van der Waals surface area contributed by atoms with E-state index >= 15 is 0 Å².